The number of ether oxygens (including phenoxy) is 5. The van der Waals surface area contributed by atoms with Crippen molar-refractivity contribution in [3.63, 3.8) is 0 Å². The minimum absolute atomic E-state index is 0.290. The van der Waals surface area contributed by atoms with E-state index in [1.807, 2.05) is 121 Å². The molecule has 0 saturated carbocycles. The van der Waals surface area contributed by atoms with Gasteiger partial charge in [-0.15, -0.1) is 0 Å². The van der Waals surface area contributed by atoms with Crippen molar-refractivity contribution in [2.75, 3.05) is 6.61 Å². The molecule has 0 radical (unpaired) electrons. The van der Waals surface area contributed by atoms with Crippen molar-refractivity contribution in [2.24, 2.45) is 0 Å². The quantitative estimate of drug-likeness (QED) is 0.249. The van der Waals surface area contributed by atoms with Crippen LogP contribution in [0.25, 0.3) is 0 Å². The van der Waals surface area contributed by atoms with Crippen LogP contribution in [-0.4, -0.2) is 42.4 Å². The van der Waals surface area contributed by atoms with Crippen LogP contribution >= 0.6 is 0 Å². The molecule has 5 atom stereocenters. The fraction of sp³-hybridized carbons (Fsp3) is 0.257. The summed E-state index contributed by atoms with van der Waals surface area (Å²) < 4.78 is 31.6. The zero-order valence-corrected chi connectivity index (χ0v) is 22.8. The van der Waals surface area contributed by atoms with E-state index in [1.54, 1.807) is 0 Å². The average molecular weight is 551 g/mol. The molecule has 0 spiro atoms. The van der Waals surface area contributed by atoms with Crippen LogP contribution < -0.4 is 0 Å². The largest absolute Gasteiger partial charge is 0.411 e. The summed E-state index contributed by atoms with van der Waals surface area (Å²) in [5, 5.41) is 10.4. The normalized spacial score (nSPS) is 21.9. The van der Waals surface area contributed by atoms with Crippen LogP contribution in [0.5, 0.6) is 0 Å². The van der Waals surface area contributed by atoms with Crippen molar-refractivity contribution in [3.05, 3.63) is 144 Å². The van der Waals surface area contributed by atoms with Crippen molar-refractivity contribution in [2.45, 2.75) is 50.5 Å². The van der Waals surface area contributed by atoms with E-state index in [1.165, 1.54) is 0 Å². The predicted molar refractivity (Wildman–Crippen MR) is 155 cm³/mol. The van der Waals surface area contributed by atoms with Gasteiger partial charge in [0.2, 0.25) is 6.29 Å². The minimum atomic E-state index is -0.926. The van der Waals surface area contributed by atoms with Gasteiger partial charge in [0.05, 0.1) is 26.4 Å². The molecule has 0 unspecified atom stereocenters. The summed E-state index contributed by atoms with van der Waals surface area (Å²) in [7, 11) is 0. The van der Waals surface area contributed by atoms with Crippen molar-refractivity contribution < 1.29 is 28.8 Å². The Labute approximate surface area is 241 Å². The molecule has 1 aliphatic heterocycles. The summed E-state index contributed by atoms with van der Waals surface area (Å²) in [4.78, 5) is 0. The SMILES string of the molecule is OC[C@H]1O[C@H](OC#Cc2ccccc2)[C@H](OCc2ccccc2)[C@@H](OCc2ccccc2)[C@H]1OCc1ccccc1. The van der Waals surface area contributed by atoms with Crippen LogP contribution in [0.1, 0.15) is 22.3 Å². The van der Waals surface area contributed by atoms with Gasteiger partial charge in [-0.3, -0.25) is 0 Å². The molecule has 210 valence electrons. The molecule has 0 aliphatic carbocycles. The average Bonchev–Trinajstić information content (AvgIpc) is 3.04. The van der Waals surface area contributed by atoms with E-state index in [-0.39, 0.29) is 6.61 Å². The molecule has 6 heteroatoms. The summed E-state index contributed by atoms with van der Waals surface area (Å²) in [6, 6.07) is 39.2. The van der Waals surface area contributed by atoms with Gasteiger partial charge in [-0.05, 0) is 34.7 Å². The number of rotatable bonds is 11. The number of hydrogen-bond donors (Lipinski definition) is 1. The van der Waals surface area contributed by atoms with E-state index < -0.39 is 30.7 Å². The smallest absolute Gasteiger partial charge is 0.239 e. The lowest BCUT2D eigenvalue weighted by Gasteiger charge is -2.44. The first-order valence-electron chi connectivity index (χ1n) is 13.7. The van der Waals surface area contributed by atoms with Gasteiger partial charge >= 0.3 is 0 Å². The van der Waals surface area contributed by atoms with Crippen LogP contribution in [0, 0.1) is 12.0 Å². The van der Waals surface area contributed by atoms with Crippen LogP contribution in [0.3, 0.4) is 0 Å². The van der Waals surface area contributed by atoms with Gasteiger partial charge in [0, 0.05) is 5.56 Å². The Bertz CT molecular complexity index is 1350. The lowest BCUT2D eigenvalue weighted by molar-refractivity contribution is -0.313. The minimum Gasteiger partial charge on any atom is -0.411 e. The predicted octanol–water partition coefficient (Wildman–Crippen LogP) is 5.49. The highest BCUT2D eigenvalue weighted by Crippen LogP contribution is 2.31. The molecule has 4 aromatic carbocycles. The van der Waals surface area contributed by atoms with Gasteiger partial charge in [-0.2, -0.15) is 0 Å². The Balaban J connectivity index is 1.42. The Morgan fingerprint density at radius 3 is 1.49 bits per heavy atom. The number of aliphatic hydroxyl groups is 1. The Morgan fingerprint density at radius 2 is 1.00 bits per heavy atom. The highest BCUT2D eigenvalue weighted by Gasteiger charge is 2.49. The summed E-state index contributed by atoms with van der Waals surface area (Å²) in [5.41, 5.74) is 3.81. The highest BCUT2D eigenvalue weighted by molar-refractivity contribution is 5.32. The molecule has 0 amide bonds. The van der Waals surface area contributed by atoms with Crippen molar-refractivity contribution in [3.8, 4) is 12.0 Å². The van der Waals surface area contributed by atoms with Crippen molar-refractivity contribution in [1.82, 2.24) is 0 Å². The maximum Gasteiger partial charge on any atom is 0.239 e. The Hall–Kier alpha value is -3.96. The summed E-state index contributed by atoms with van der Waals surface area (Å²) >= 11 is 0. The Morgan fingerprint density at radius 1 is 0.561 bits per heavy atom. The fourth-order valence-corrected chi connectivity index (χ4v) is 4.66. The van der Waals surface area contributed by atoms with E-state index in [0.29, 0.717) is 19.8 Å². The first-order valence-corrected chi connectivity index (χ1v) is 13.7. The molecular weight excluding hydrogens is 516 g/mol. The molecule has 5 rings (SSSR count). The molecule has 41 heavy (non-hydrogen) atoms. The Kier molecular flexibility index (Phi) is 10.6. The second kappa shape index (κ2) is 15.2. The highest BCUT2D eigenvalue weighted by atomic mass is 16.7. The van der Waals surface area contributed by atoms with Gasteiger partial charge in [0.1, 0.15) is 30.5 Å². The third-order valence-corrected chi connectivity index (χ3v) is 6.77. The molecule has 0 aromatic heterocycles. The van der Waals surface area contributed by atoms with E-state index in [0.717, 1.165) is 22.3 Å². The van der Waals surface area contributed by atoms with E-state index in [4.69, 9.17) is 23.7 Å². The standard InChI is InChI=1S/C35H34O6/c36-23-31-32(38-24-28-15-7-2-8-16-28)33(39-25-29-17-9-3-10-18-29)34(40-26-30-19-11-4-12-20-30)35(41-31)37-22-21-27-13-5-1-6-14-27/h1-20,31-36H,23-26H2/t31-,32+,33+,34-,35+/m1/s1. The van der Waals surface area contributed by atoms with E-state index in [2.05, 4.69) is 12.0 Å². The van der Waals surface area contributed by atoms with Gasteiger partial charge in [0.15, 0.2) is 0 Å². The third kappa shape index (κ3) is 8.27. The molecule has 0 bridgehead atoms. The second-order valence-electron chi connectivity index (χ2n) is 9.72. The monoisotopic (exact) mass is 550 g/mol. The molecule has 1 fully saturated rings. The molecule has 6 nitrogen and oxygen atoms in total. The zero-order valence-electron chi connectivity index (χ0n) is 22.8. The number of benzene rings is 4. The molecule has 1 aliphatic rings. The topological polar surface area (TPSA) is 66.4 Å². The molecule has 1 saturated heterocycles. The van der Waals surface area contributed by atoms with Gasteiger partial charge in [-0.25, -0.2) is 0 Å². The molecular formula is C35H34O6. The van der Waals surface area contributed by atoms with Gasteiger partial charge in [-0.1, -0.05) is 109 Å². The summed E-state index contributed by atoms with van der Waals surface area (Å²) in [6.45, 7) is 0.660. The third-order valence-electron chi connectivity index (χ3n) is 6.77. The van der Waals surface area contributed by atoms with E-state index in [9.17, 15) is 5.11 Å². The van der Waals surface area contributed by atoms with Gasteiger partial charge < -0.3 is 28.8 Å². The van der Waals surface area contributed by atoms with Crippen LogP contribution in [0.15, 0.2) is 121 Å². The van der Waals surface area contributed by atoms with Crippen LogP contribution in [0.4, 0.5) is 0 Å². The molecule has 1 N–H and O–H groups in total. The lowest BCUT2D eigenvalue weighted by Crippen LogP contribution is -2.61. The number of hydrogen-bond acceptors (Lipinski definition) is 6. The first kappa shape index (κ1) is 28.6. The maximum atomic E-state index is 10.4. The molecule has 4 aromatic rings. The van der Waals surface area contributed by atoms with E-state index >= 15 is 0 Å². The van der Waals surface area contributed by atoms with Gasteiger partial charge in [0.25, 0.3) is 0 Å². The number of aliphatic hydroxyl groups excluding tert-OH is 1. The maximum absolute atomic E-state index is 10.4. The summed E-state index contributed by atoms with van der Waals surface area (Å²) in [5.74, 6) is 3.01. The van der Waals surface area contributed by atoms with Crippen molar-refractivity contribution >= 4 is 0 Å². The van der Waals surface area contributed by atoms with Crippen molar-refractivity contribution in [1.29, 1.82) is 0 Å². The summed E-state index contributed by atoms with van der Waals surface area (Å²) in [6.07, 6.45) is -0.833. The van der Waals surface area contributed by atoms with Crippen LogP contribution in [-0.2, 0) is 43.5 Å². The fourth-order valence-electron chi connectivity index (χ4n) is 4.66. The first-order chi connectivity index (χ1) is 20.3. The second-order valence-corrected chi connectivity index (χ2v) is 9.72. The van der Waals surface area contributed by atoms with Crippen LogP contribution in [0.2, 0.25) is 0 Å². The molecule has 1 heterocycles. The lowest BCUT2D eigenvalue weighted by atomic mass is 9.98. The zero-order chi connectivity index (χ0) is 28.1.